The minimum absolute atomic E-state index is 0. The van der Waals surface area contributed by atoms with Crippen molar-refractivity contribution < 1.29 is 0 Å². The highest BCUT2D eigenvalue weighted by Gasteiger charge is 2.25. The average molecular weight is 490 g/mol. The summed E-state index contributed by atoms with van der Waals surface area (Å²) >= 11 is 1.92. The molecule has 1 aromatic carbocycles. The Bertz CT molecular complexity index is 512. The standard InChI is InChI=1S/C20H34N4S.HI/c1-17-15-19(23-20(21-2)22-12-7-8-14-25-3)11-13-24(17)16-18-9-5-4-6-10-18;/h4-6,9-10,17,19H,7-8,11-16H2,1-3H3,(H2,21,22,23);1H. The summed E-state index contributed by atoms with van der Waals surface area (Å²) in [6.45, 7) is 5.54. The SMILES string of the molecule is CN=C(NCCCCSC)NC1CCN(Cc2ccccc2)C(C)C1.I. The van der Waals surface area contributed by atoms with Gasteiger partial charge in [-0.25, -0.2) is 0 Å². The van der Waals surface area contributed by atoms with Gasteiger partial charge in [-0.1, -0.05) is 30.3 Å². The molecule has 0 spiro atoms. The number of nitrogens with one attached hydrogen (secondary N) is 2. The van der Waals surface area contributed by atoms with Gasteiger partial charge >= 0.3 is 0 Å². The molecule has 4 nitrogen and oxygen atoms in total. The van der Waals surface area contributed by atoms with Crippen LogP contribution in [0.4, 0.5) is 0 Å². The first kappa shape index (κ1) is 23.6. The molecule has 1 fully saturated rings. The fourth-order valence-electron chi connectivity index (χ4n) is 3.37. The van der Waals surface area contributed by atoms with Crippen LogP contribution in [-0.4, -0.2) is 55.1 Å². The van der Waals surface area contributed by atoms with Gasteiger partial charge in [0.05, 0.1) is 0 Å². The fourth-order valence-corrected chi connectivity index (χ4v) is 3.86. The molecule has 0 bridgehead atoms. The summed E-state index contributed by atoms with van der Waals surface area (Å²) in [4.78, 5) is 6.98. The van der Waals surface area contributed by atoms with Crippen LogP contribution >= 0.6 is 35.7 Å². The predicted molar refractivity (Wildman–Crippen MR) is 127 cm³/mol. The zero-order chi connectivity index (χ0) is 17.9. The Kier molecular flexibility index (Phi) is 12.4. The van der Waals surface area contributed by atoms with Crippen LogP contribution in [0.3, 0.4) is 0 Å². The van der Waals surface area contributed by atoms with Crippen LogP contribution in [0, 0.1) is 0 Å². The van der Waals surface area contributed by atoms with Crippen molar-refractivity contribution in [3.05, 3.63) is 35.9 Å². The lowest BCUT2D eigenvalue weighted by atomic mass is 9.97. The molecule has 0 amide bonds. The lowest BCUT2D eigenvalue weighted by Gasteiger charge is -2.38. The van der Waals surface area contributed by atoms with Crippen molar-refractivity contribution >= 4 is 41.7 Å². The van der Waals surface area contributed by atoms with E-state index < -0.39 is 0 Å². The minimum Gasteiger partial charge on any atom is -0.356 e. The van der Waals surface area contributed by atoms with E-state index in [9.17, 15) is 0 Å². The number of rotatable bonds is 8. The van der Waals surface area contributed by atoms with Crippen LogP contribution in [0.5, 0.6) is 0 Å². The van der Waals surface area contributed by atoms with Gasteiger partial charge < -0.3 is 10.6 Å². The Morgan fingerprint density at radius 1 is 1.27 bits per heavy atom. The van der Waals surface area contributed by atoms with E-state index in [1.807, 2.05) is 18.8 Å². The first-order valence-electron chi connectivity index (χ1n) is 9.47. The summed E-state index contributed by atoms with van der Waals surface area (Å²) in [5, 5.41) is 7.08. The van der Waals surface area contributed by atoms with Crippen LogP contribution in [0.25, 0.3) is 0 Å². The van der Waals surface area contributed by atoms with Gasteiger partial charge in [0.25, 0.3) is 0 Å². The Labute approximate surface area is 181 Å². The molecule has 2 N–H and O–H groups in total. The Balaban J connectivity index is 0.00000338. The van der Waals surface area contributed by atoms with Crippen LogP contribution in [0.1, 0.15) is 38.2 Å². The molecule has 2 atom stereocenters. The summed E-state index contributed by atoms with van der Waals surface area (Å²) in [5.74, 6) is 2.20. The second-order valence-electron chi connectivity index (χ2n) is 6.87. The maximum absolute atomic E-state index is 4.39. The van der Waals surface area contributed by atoms with E-state index in [1.165, 1.54) is 37.0 Å². The summed E-state index contributed by atoms with van der Waals surface area (Å²) < 4.78 is 0. The van der Waals surface area contributed by atoms with Crippen LogP contribution < -0.4 is 10.6 Å². The molecule has 1 aliphatic heterocycles. The molecular formula is C20H35IN4S. The van der Waals surface area contributed by atoms with E-state index in [1.54, 1.807) is 0 Å². The number of aliphatic imine (C=N–C) groups is 1. The molecule has 1 heterocycles. The number of nitrogens with zero attached hydrogens (tertiary/aromatic N) is 2. The molecule has 148 valence electrons. The molecule has 0 aromatic heterocycles. The highest BCUT2D eigenvalue weighted by atomic mass is 127. The zero-order valence-corrected chi connectivity index (χ0v) is 19.6. The van der Waals surface area contributed by atoms with E-state index >= 15 is 0 Å². The van der Waals surface area contributed by atoms with E-state index in [4.69, 9.17) is 0 Å². The second-order valence-corrected chi connectivity index (χ2v) is 7.86. The van der Waals surface area contributed by atoms with Crippen LogP contribution in [0.15, 0.2) is 35.3 Å². The normalized spacial score (nSPS) is 21.1. The molecule has 6 heteroatoms. The molecule has 1 aromatic rings. The number of likely N-dealkylation sites (tertiary alicyclic amines) is 1. The topological polar surface area (TPSA) is 39.7 Å². The molecule has 0 saturated carbocycles. The minimum atomic E-state index is 0. The summed E-state index contributed by atoms with van der Waals surface area (Å²) in [5.41, 5.74) is 1.41. The molecule has 0 aliphatic carbocycles. The average Bonchev–Trinajstić information content (AvgIpc) is 2.63. The molecule has 26 heavy (non-hydrogen) atoms. The van der Waals surface area contributed by atoms with Crippen molar-refractivity contribution in [2.75, 3.05) is 32.1 Å². The highest BCUT2D eigenvalue weighted by molar-refractivity contribution is 14.0. The third-order valence-corrected chi connectivity index (χ3v) is 5.57. The lowest BCUT2D eigenvalue weighted by molar-refractivity contribution is 0.134. The molecular weight excluding hydrogens is 455 g/mol. The quantitative estimate of drug-likeness (QED) is 0.251. The Morgan fingerprint density at radius 2 is 2.04 bits per heavy atom. The number of guanidine groups is 1. The molecule has 2 rings (SSSR count). The van der Waals surface area contributed by atoms with Crippen molar-refractivity contribution in [1.29, 1.82) is 0 Å². The van der Waals surface area contributed by atoms with E-state index in [0.717, 1.165) is 25.6 Å². The third-order valence-electron chi connectivity index (χ3n) is 4.87. The first-order valence-corrected chi connectivity index (χ1v) is 10.9. The molecule has 1 saturated heterocycles. The summed E-state index contributed by atoms with van der Waals surface area (Å²) in [6.07, 6.45) is 6.97. The van der Waals surface area contributed by atoms with Crippen LogP contribution in [-0.2, 0) is 6.54 Å². The number of piperidine rings is 1. The first-order chi connectivity index (χ1) is 12.2. The summed E-state index contributed by atoms with van der Waals surface area (Å²) in [6, 6.07) is 11.9. The van der Waals surface area contributed by atoms with E-state index in [-0.39, 0.29) is 24.0 Å². The predicted octanol–water partition coefficient (Wildman–Crippen LogP) is 3.97. The maximum atomic E-state index is 4.39. The Morgan fingerprint density at radius 3 is 2.69 bits per heavy atom. The van der Waals surface area contributed by atoms with Gasteiger partial charge in [0.2, 0.25) is 0 Å². The van der Waals surface area contributed by atoms with Gasteiger partial charge in [-0.15, -0.1) is 24.0 Å². The summed E-state index contributed by atoms with van der Waals surface area (Å²) in [7, 11) is 1.87. The number of unbranched alkanes of at least 4 members (excludes halogenated alkanes) is 1. The fraction of sp³-hybridized carbons (Fsp3) is 0.650. The van der Waals surface area contributed by atoms with Crippen molar-refractivity contribution in [3.8, 4) is 0 Å². The van der Waals surface area contributed by atoms with E-state index in [2.05, 4.69) is 64.0 Å². The number of thioether (sulfide) groups is 1. The van der Waals surface area contributed by atoms with Gasteiger partial charge in [-0.2, -0.15) is 11.8 Å². The molecule has 0 radical (unpaired) electrons. The molecule has 1 aliphatic rings. The third kappa shape index (κ3) is 8.48. The second kappa shape index (κ2) is 13.7. The largest absolute Gasteiger partial charge is 0.356 e. The van der Waals surface area contributed by atoms with Gasteiger partial charge in [-0.05, 0) is 50.2 Å². The van der Waals surface area contributed by atoms with Crippen molar-refractivity contribution in [2.45, 2.75) is 51.2 Å². The highest BCUT2D eigenvalue weighted by Crippen LogP contribution is 2.19. The van der Waals surface area contributed by atoms with Gasteiger partial charge in [-0.3, -0.25) is 9.89 Å². The number of halogens is 1. The van der Waals surface area contributed by atoms with Crippen molar-refractivity contribution in [2.24, 2.45) is 4.99 Å². The van der Waals surface area contributed by atoms with Gasteiger partial charge in [0, 0.05) is 38.8 Å². The van der Waals surface area contributed by atoms with Crippen molar-refractivity contribution in [1.82, 2.24) is 15.5 Å². The maximum Gasteiger partial charge on any atom is 0.191 e. The van der Waals surface area contributed by atoms with Crippen molar-refractivity contribution in [3.63, 3.8) is 0 Å². The number of benzene rings is 1. The van der Waals surface area contributed by atoms with E-state index in [0.29, 0.717) is 12.1 Å². The zero-order valence-electron chi connectivity index (χ0n) is 16.4. The number of hydrogen-bond acceptors (Lipinski definition) is 3. The van der Waals surface area contributed by atoms with Crippen LogP contribution in [0.2, 0.25) is 0 Å². The lowest BCUT2D eigenvalue weighted by Crippen LogP contribution is -2.51. The monoisotopic (exact) mass is 490 g/mol. The Hall–Kier alpha value is -0.470. The van der Waals surface area contributed by atoms with Gasteiger partial charge in [0.1, 0.15) is 0 Å². The number of hydrogen-bond donors (Lipinski definition) is 2. The smallest absolute Gasteiger partial charge is 0.191 e. The van der Waals surface area contributed by atoms with Gasteiger partial charge in [0.15, 0.2) is 5.96 Å². The molecule has 2 unspecified atom stereocenters.